The lowest BCUT2D eigenvalue weighted by Gasteiger charge is -2.36. The van der Waals surface area contributed by atoms with E-state index in [4.69, 9.17) is 10.5 Å². The van der Waals surface area contributed by atoms with E-state index in [0.29, 0.717) is 18.6 Å². The summed E-state index contributed by atoms with van der Waals surface area (Å²) in [6.07, 6.45) is 0.881. The summed E-state index contributed by atoms with van der Waals surface area (Å²) < 4.78 is 5.96. The fourth-order valence-electron chi connectivity index (χ4n) is 1.45. The molecule has 0 aromatic carbocycles. The van der Waals surface area contributed by atoms with Gasteiger partial charge in [-0.2, -0.15) is 0 Å². The van der Waals surface area contributed by atoms with Gasteiger partial charge in [-0.15, -0.1) is 0 Å². The molecule has 98 valence electrons. The van der Waals surface area contributed by atoms with Crippen LogP contribution in [0.4, 0.5) is 0 Å². The third-order valence-electron chi connectivity index (χ3n) is 3.33. The fraction of sp³-hybridized carbons (Fsp3) is 1.00. The van der Waals surface area contributed by atoms with Crippen molar-refractivity contribution in [3.05, 3.63) is 0 Å². The molecule has 0 saturated heterocycles. The molecule has 3 nitrogen and oxygen atoms in total. The molecule has 3 unspecified atom stereocenters. The molecule has 0 heterocycles. The van der Waals surface area contributed by atoms with Gasteiger partial charge in [0.2, 0.25) is 0 Å². The summed E-state index contributed by atoms with van der Waals surface area (Å²) >= 11 is 0. The third kappa shape index (κ3) is 6.15. The Labute approximate surface area is 103 Å². The fourth-order valence-corrected chi connectivity index (χ4v) is 1.74. The quantitative estimate of drug-likeness (QED) is 0.680. The molecule has 0 radical (unpaired) electrons. The lowest BCUT2D eigenvalue weighted by Crippen LogP contribution is -2.43. The van der Waals surface area contributed by atoms with Gasteiger partial charge in [0.1, 0.15) is 0 Å². The average molecular weight is 248 g/mol. The topological polar surface area (TPSA) is 47.3 Å². The molecule has 16 heavy (non-hydrogen) atoms. The van der Waals surface area contributed by atoms with E-state index in [9.17, 15) is 0 Å². The summed E-state index contributed by atoms with van der Waals surface area (Å²) in [5, 5.41) is 3.19. The minimum atomic E-state index is -0.149. The molecule has 3 N–H and O–H groups in total. The molecule has 0 aromatic heterocycles. The second kappa shape index (κ2) is 6.30. The Morgan fingerprint density at radius 2 is 1.75 bits per heavy atom. The summed E-state index contributed by atoms with van der Waals surface area (Å²) in [6.45, 7) is 13.4. The predicted octanol–water partition coefficient (Wildman–Crippen LogP) is 2.31. The minimum Gasteiger partial charge on any atom is -0.375 e. The van der Waals surface area contributed by atoms with Gasteiger partial charge in [-0.05, 0) is 47.0 Å². The standard InChI is InChI=1S/C12H29N2OP/c1-9(10(2)14-16)12(5,6)15-8-7-11(3,4)13/h9-10,14H,7-8,13,16H2,1-6H3. The Morgan fingerprint density at radius 3 is 2.12 bits per heavy atom. The molecule has 3 atom stereocenters. The van der Waals surface area contributed by atoms with Crippen molar-refractivity contribution < 1.29 is 4.74 Å². The number of nitrogens with one attached hydrogen (secondary N) is 1. The Bertz CT molecular complexity index is 202. The van der Waals surface area contributed by atoms with E-state index in [2.05, 4.69) is 42.2 Å². The number of hydrogen-bond acceptors (Lipinski definition) is 3. The first kappa shape index (κ1) is 16.3. The van der Waals surface area contributed by atoms with E-state index >= 15 is 0 Å². The SMILES string of the molecule is CC(NP)C(C)C(C)(C)OCCC(C)(C)N. The molecule has 0 aromatic rings. The van der Waals surface area contributed by atoms with Crippen LogP contribution in [0, 0.1) is 5.92 Å². The van der Waals surface area contributed by atoms with Crippen molar-refractivity contribution in [2.45, 2.75) is 65.1 Å². The van der Waals surface area contributed by atoms with Crippen LogP contribution in [-0.2, 0) is 4.74 Å². The predicted molar refractivity (Wildman–Crippen MR) is 74.4 cm³/mol. The van der Waals surface area contributed by atoms with Crippen molar-refractivity contribution in [2.75, 3.05) is 6.61 Å². The van der Waals surface area contributed by atoms with Crippen LogP contribution in [0.2, 0.25) is 0 Å². The highest BCUT2D eigenvalue weighted by Gasteiger charge is 2.30. The molecular formula is C12H29N2OP. The maximum atomic E-state index is 5.96. The highest BCUT2D eigenvalue weighted by molar-refractivity contribution is 7.13. The van der Waals surface area contributed by atoms with Gasteiger partial charge in [0, 0.05) is 18.2 Å². The summed E-state index contributed by atoms with van der Waals surface area (Å²) in [5.41, 5.74) is 5.65. The normalized spacial score (nSPS) is 17.2. The van der Waals surface area contributed by atoms with Crippen LogP contribution >= 0.6 is 9.39 Å². The van der Waals surface area contributed by atoms with Crippen molar-refractivity contribution in [3.63, 3.8) is 0 Å². The molecule has 0 saturated carbocycles. The zero-order chi connectivity index (χ0) is 13.0. The van der Waals surface area contributed by atoms with Crippen molar-refractivity contribution in [3.8, 4) is 0 Å². The highest BCUT2D eigenvalue weighted by Crippen LogP contribution is 2.25. The highest BCUT2D eigenvalue weighted by atomic mass is 31.0. The first-order valence-corrected chi connectivity index (χ1v) is 6.57. The van der Waals surface area contributed by atoms with E-state index in [0.717, 1.165) is 6.42 Å². The number of hydrogen-bond donors (Lipinski definition) is 2. The van der Waals surface area contributed by atoms with E-state index < -0.39 is 0 Å². The van der Waals surface area contributed by atoms with Crippen molar-refractivity contribution in [2.24, 2.45) is 11.7 Å². The van der Waals surface area contributed by atoms with E-state index in [-0.39, 0.29) is 11.1 Å². The summed E-state index contributed by atoms with van der Waals surface area (Å²) in [7, 11) is 2.56. The van der Waals surface area contributed by atoms with Crippen LogP contribution in [0.3, 0.4) is 0 Å². The molecule has 4 heteroatoms. The second-order valence-electron chi connectivity index (χ2n) is 5.93. The molecular weight excluding hydrogens is 219 g/mol. The van der Waals surface area contributed by atoms with Crippen LogP contribution in [0.1, 0.15) is 48.0 Å². The monoisotopic (exact) mass is 248 g/mol. The molecule has 0 aliphatic carbocycles. The molecule has 0 aliphatic rings. The Hall–Kier alpha value is 0.310. The van der Waals surface area contributed by atoms with Gasteiger partial charge < -0.3 is 10.5 Å². The lowest BCUT2D eigenvalue weighted by atomic mass is 9.87. The van der Waals surface area contributed by atoms with Crippen LogP contribution in [-0.4, -0.2) is 23.8 Å². The van der Waals surface area contributed by atoms with E-state index in [1.807, 2.05) is 13.8 Å². The molecule has 0 rings (SSSR count). The molecule has 0 spiro atoms. The number of rotatable bonds is 7. The molecule has 0 amide bonds. The van der Waals surface area contributed by atoms with Crippen LogP contribution in [0.25, 0.3) is 0 Å². The zero-order valence-corrected chi connectivity index (χ0v) is 12.8. The van der Waals surface area contributed by atoms with Crippen LogP contribution in [0.5, 0.6) is 0 Å². The third-order valence-corrected chi connectivity index (χ3v) is 3.86. The zero-order valence-electron chi connectivity index (χ0n) is 11.6. The molecule has 0 aliphatic heterocycles. The van der Waals surface area contributed by atoms with Gasteiger partial charge in [-0.25, -0.2) is 0 Å². The van der Waals surface area contributed by atoms with E-state index in [1.165, 1.54) is 0 Å². The maximum Gasteiger partial charge on any atom is 0.0666 e. The number of nitrogens with two attached hydrogens (primary N) is 1. The first-order valence-electron chi connectivity index (χ1n) is 5.99. The van der Waals surface area contributed by atoms with Crippen LogP contribution < -0.4 is 10.8 Å². The Kier molecular flexibility index (Phi) is 6.42. The lowest BCUT2D eigenvalue weighted by molar-refractivity contribution is -0.0657. The van der Waals surface area contributed by atoms with E-state index in [1.54, 1.807) is 0 Å². The van der Waals surface area contributed by atoms with Crippen LogP contribution in [0.15, 0.2) is 0 Å². The molecule has 0 fully saturated rings. The summed E-state index contributed by atoms with van der Waals surface area (Å²) in [5.74, 6) is 0.436. The van der Waals surface area contributed by atoms with Crippen molar-refractivity contribution >= 4 is 9.39 Å². The first-order chi connectivity index (χ1) is 7.10. The summed E-state index contributed by atoms with van der Waals surface area (Å²) in [4.78, 5) is 0. The van der Waals surface area contributed by atoms with Crippen molar-refractivity contribution in [1.82, 2.24) is 5.09 Å². The second-order valence-corrected chi connectivity index (χ2v) is 6.27. The molecule has 0 bridgehead atoms. The van der Waals surface area contributed by atoms with Gasteiger partial charge >= 0.3 is 0 Å². The summed E-state index contributed by atoms with van der Waals surface area (Å²) in [6, 6.07) is 0.408. The maximum absolute atomic E-state index is 5.96. The van der Waals surface area contributed by atoms with Gasteiger partial charge in [0.15, 0.2) is 0 Å². The Morgan fingerprint density at radius 1 is 1.25 bits per heavy atom. The van der Waals surface area contributed by atoms with Gasteiger partial charge in [0.25, 0.3) is 0 Å². The van der Waals surface area contributed by atoms with Gasteiger partial charge in [-0.3, -0.25) is 5.09 Å². The average Bonchev–Trinajstić information content (AvgIpc) is 2.13. The Balaban J connectivity index is 4.14. The van der Waals surface area contributed by atoms with Crippen molar-refractivity contribution in [1.29, 1.82) is 0 Å². The minimum absolute atomic E-state index is 0.131. The van der Waals surface area contributed by atoms with Gasteiger partial charge in [0.05, 0.1) is 5.60 Å². The number of ether oxygens (including phenoxy) is 1. The largest absolute Gasteiger partial charge is 0.375 e. The van der Waals surface area contributed by atoms with Gasteiger partial charge in [-0.1, -0.05) is 16.3 Å². The smallest absolute Gasteiger partial charge is 0.0666 e.